The molecule has 0 aliphatic rings. The van der Waals surface area contributed by atoms with Gasteiger partial charge in [0.05, 0.1) is 6.10 Å². The third-order valence-electron chi connectivity index (χ3n) is 3.71. The van der Waals surface area contributed by atoms with Crippen molar-refractivity contribution in [1.82, 2.24) is 0 Å². The van der Waals surface area contributed by atoms with Crippen LogP contribution in [-0.4, -0.2) is 22.9 Å². The van der Waals surface area contributed by atoms with Gasteiger partial charge in [-0.1, -0.05) is 35.3 Å². The van der Waals surface area contributed by atoms with E-state index in [0.717, 1.165) is 5.56 Å². The number of benzene rings is 2. The van der Waals surface area contributed by atoms with Crippen LogP contribution in [0.3, 0.4) is 0 Å². The molecule has 0 fully saturated rings. The molecule has 0 saturated carbocycles. The van der Waals surface area contributed by atoms with Crippen LogP contribution in [0.2, 0.25) is 10.0 Å². The van der Waals surface area contributed by atoms with Crippen molar-refractivity contribution in [3.05, 3.63) is 58.1 Å². The summed E-state index contributed by atoms with van der Waals surface area (Å²) in [5.74, 6) is 1.18. The highest BCUT2D eigenvalue weighted by Gasteiger charge is 2.24. The first-order valence-electron chi connectivity index (χ1n) is 7.62. The van der Waals surface area contributed by atoms with Gasteiger partial charge in [-0.25, -0.2) is 0 Å². The van der Waals surface area contributed by atoms with Gasteiger partial charge in [-0.15, -0.1) is 0 Å². The van der Waals surface area contributed by atoms with Gasteiger partial charge in [-0.05, 0) is 55.7 Å². The third-order valence-corrected chi connectivity index (χ3v) is 4.14. The summed E-state index contributed by atoms with van der Waals surface area (Å²) in [6, 6.07) is 12.3. The van der Waals surface area contributed by atoms with Gasteiger partial charge in [0, 0.05) is 22.2 Å². The van der Waals surface area contributed by atoms with Gasteiger partial charge in [0.2, 0.25) is 0 Å². The first-order chi connectivity index (χ1) is 11.3. The zero-order valence-electron chi connectivity index (χ0n) is 13.4. The van der Waals surface area contributed by atoms with Crippen molar-refractivity contribution in [3.8, 4) is 11.5 Å². The van der Waals surface area contributed by atoms with E-state index in [-0.39, 0.29) is 6.61 Å². The molecule has 0 radical (unpaired) electrons. The molecule has 2 aromatic rings. The van der Waals surface area contributed by atoms with Crippen molar-refractivity contribution in [2.24, 2.45) is 5.73 Å². The monoisotopic (exact) mass is 369 g/mol. The quantitative estimate of drug-likeness (QED) is 0.686. The van der Waals surface area contributed by atoms with E-state index < -0.39 is 11.6 Å². The molecule has 0 aromatic heterocycles. The zero-order valence-corrected chi connectivity index (χ0v) is 14.9. The summed E-state index contributed by atoms with van der Waals surface area (Å²) in [4.78, 5) is 0. The molecule has 24 heavy (non-hydrogen) atoms. The van der Waals surface area contributed by atoms with Crippen molar-refractivity contribution >= 4 is 23.2 Å². The molecule has 0 saturated heterocycles. The Bertz CT molecular complexity index is 654. The van der Waals surface area contributed by atoms with Crippen LogP contribution in [0, 0.1) is 0 Å². The average molecular weight is 370 g/mol. The van der Waals surface area contributed by atoms with Crippen LogP contribution in [-0.2, 0) is 5.54 Å². The molecule has 6 heteroatoms. The third kappa shape index (κ3) is 5.36. The average Bonchev–Trinajstić information content (AvgIpc) is 2.46. The SMILES string of the molecule is CC(N)(CC(O)CCO)c1ccc(Oc2cc(Cl)cc(Cl)c2)cc1. The number of ether oxygens (including phenoxy) is 1. The molecule has 130 valence electrons. The minimum Gasteiger partial charge on any atom is -0.457 e. The number of aliphatic hydroxyl groups excluding tert-OH is 2. The molecular formula is C18H21Cl2NO3. The molecule has 0 spiro atoms. The normalized spacial score (nSPS) is 14.9. The van der Waals surface area contributed by atoms with Crippen molar-refractivity contribution < 1.29 is 14.9 Å². The van der Waals surface area contributed by atoms with E-state index in [1.807, 2.05) is 19.1 Å². The molecule has 2 aromatic carbocycles. The van der Waals surface area contributed by atoms with E-state index in [1.165, 1.54) is 0 Å². The maximum Gasteiger partial charge on any atom is 0.130 e. The standard InChI is InChI=1S/C18H21Cl2NO3/c1-18(21,11-15(23)6-7-22)12-2-4-16(5-3-12)24-17-9-13(19)8-14(20)10-17/h2-5,8-10,15,22-23H,6-7,11,21H2,1H3. The van der Waals surface area contributed by atoms with Gasteiger partial charge in [-0.2, -0.15) is 0 Å². The van der Waals surface area contributed by atoms with Gasteiger partial charge in [0.1, 0.15) is 11.5 Å². The van der Waals surface area contributed by atoms with Crippen molar-refractivity contribution in [3.63, 3.8) is 0 Å². The minimum absolute atomic E-state index is 0.0633. The molecule has 0 heterocycles. The lowest BCUT2D eigenvalue weighted by Crippen LogP contribution is -2.37. The summed E-state index contributed by atoms with van der Waals surface area (Å²) in [5, 5.41) is 19.7. The topological polar surface area (TPSA) is 75.7 Å². The van der Waals surface area contributed by atoms with Crippen LogP contribution < -0.4 is 10.5 Å². The predicted molar refractivity (Wildman–Crippen MR) is 96.8 cm³/mol. The number of rotatable bonds is 7. The summed E-state index contributed by atoms with van der Waals surface area (Å²) < 4.78 is 5.74. The molecule has 0 aliphatic carbocycles. The van der Waals surface area contributed by atoms with Crippen molar-refractivity contribution in [2.75, 3.05) is 6.61 Å². The molecule has 4 N–H and O–H groups in total. The fourth-order valence-electron chi connectivity index (χ4n) is 2.49. The molecule has 0 aliphatic heterocycles. The van der Waals surface area contributed by atoms with Crippen LogP contribution in [0.1, 0.15) is 25.3 Å². The molecule has 2 rings (SSSR count). The maximum absolute atomic E-state index is 9.86. The second-order valence-corrected chi connectivity index (χ2v) is 6.89. The first-order valence-corrected chi connectivity index (χ1v) is 8.38. The molecular weight excluding hydrogens is 349 g/mol. The zero-order chi connectivity index (χ0) is 17.7. The molecule has 4 nitrogen and oxygen atoms in total. The molecule has 2 atom stereocenters. The summed E-state index contributed by atoms with van der Waals surface area (Å²) >= 11 is 11.9. The summed E-state index contributed by atoms with van der Waals surface area (Å²) in [7, 11) is 0. The Labute approximate surface area is 151 Å². The molecule has 0 bridgehead atoms. The number of hydrogen-bond acceptors (Lipinski definition) is 4. The highest BCUT2D eigenvalue weighted by atomic mass is 35.5. The number of aliphatic hydroxyl groups is 2. The Hall–Kier alpha value is -1.30. The second kappa shape index (κ2) is 8.19. The summed E-state index contributed by atoms with van der Waals surface area (Å²) in [6.45, 7) is 1.78. The van der Waals surface area contributed by atoms with Gasteiger partial charge < -0.3 is 20.7 Å². The Morgan fingerprint density at radius 1 is 1.08 bits per heavy atom. The Kier molecular flexibility index (Phi) is 6.49. The molecule has 2 unspecified atom stereocenters. The van der Waals surface area contributed by atoms with Gasteiger partial charge >= 0.3 is 0 Å². The van der Waals surface area contributed by atoms with E-state index in [1.54, 1.807) is 30.3 Å². The summed E-state index contributed by atoms with van der Waals surface area (Å²) in [6.07, 6.45) is 0.0239. The lowest BCUT2D eigenvalue weighted by atomic mass is 9.87. The van der Waals surface area contributed by atoms with Crippen LogP contribution in [0.5, 0.6) is 11.5 Å². The van der Waals surface area contributed by atoms with Gasteiger partial charge in [0.15, 0.2) is 0 Å². The van der Waals surface area contributed by atoms with E-state index >= 15 is 0 Å². The van der Waals surface area contributed by atoms with Gasteiger partial charge in [0.25, 0.3) is 0 Å². The lowest BCUT2D eigenvalue weighted by Gasteiger charge is -2.28. The largest absolute Gasteiger partial charge is 0.457 e. The van der Waals surface area contributed by atoms with E-state index in [9.17, 15) is 5.11 Å². The van der Waals surface area contributed by atoms with Crippen molar-refractivity contribution in [1.29, 1.82) is 0 Å². The van der Waals surface area contributed by atoms with E-state index in [0.29, 0.717) is 34.4 Å². The van der Waals surface area contributed by atoms with Crippen molar-refractivity contribution in [2.45, 2.75) is 31.4 Å². The Morgan fingerprint density at radius 2 is 1.67 bits per heavy atom. The van der Waals surface area contributed by atoms with Gasteiger partial charge in [-0.3, -0.25) is 0 Å². The fraction of sp³-hybridized carbons (Fsp3) is 0.333. The summed E-state index contributed by atoms with van der Waals surface area (Å²) in [5.41, 5.74) is 6.46. The maximum atomic E-state index is 9.86. The molecule has 0 amide bonds. The van der Waals surface area contributed by atoms with E-state index in [2.05, 4.69) is 0 Å². The highest BCUT2D eigenvalue weighted by molar-refractivity contribution is 6.34. The Balaban J connectivity index is 2.09. The predicted octanol–water partition coefficient (Wildman–Crippen LogP) is 4.09. The smallest absolute Gasteiger partial charge is 0.130 e. The first kappa shape index (κ1) is 19.0. The second-order valence-electron chi connectivity index (χ2n) is 6.02. The van der Waals surface area contributed by atoms with Crippen LogP contribution >= 0.6 is 23.2 Å². The Morgan fingerprint density at radius 3 is 2.21 bits per heavy atom. The number of hydrogen-bond donors (Lipinski definition) is 3. The fourth-order valence-corrected chi connectivity index (χ4v) is 2.99. The minimum atomic E-state index is -0.702. The van der Waals surface area contributed by atoms with Crippen LogP contribution in [0.25, 0.3) is 0 Å². The van der Waals surface area contributed by atoms with Crippen LogP contribution in [0.4, 0.5) is 0 Å². The number of halogens is 2. The number of nitrogens with two attached hydrogens (primary N) is 1. The lowest BCUT2D eigenvalue weighted by molar-refractivity contribution is 0.103. The van der Waals surface area contributed by atoms with Crippen LogP contribution in [0.15, 0.2) is 42.5 Å². The highest BCUT2D eigenvalue weighted by Crippen LogP contribution is 2.30. The van der Waals surface area contributed by atoms with E-state index in [4.69, 9.17) is 38.8 Å².